The summed E-state index contributed by atoms with van der Waals surface area (Å²) in [7, 11) is 0. The van der Waals surface area contributed by atoms with Gasteiger partial charge in [0.25, 0.3) is 5.91 Å². The van der Waals surface area contributed by atoms with Gasteiger partial charge >= 0.3 is 0 Å². The summed E-state index contributed by atoms with van der Waals surface area (Å²) in [5.74, 6) is -0.322. The molecule has 0 radical (unpaired) electrons. The molecule has 0 atom stereocenters. The third-order valence-corrected chi connectivity index (χ3v) is 3.05. The highest BCUT2D eigenvalue weighted by Gasteiger charge is 2.26. The molecule has 0 unspecified atom stereocenters. The normalized spacial score (nSPS) is 18.9. The average molecular weight is 223 g/mol. The minimum absolute atomic E-state index is 0.153. The summed E-state index contributed by atoms with van der Waals surface area (Å²) >= 11 is 0. The summed E-state index contributed by atoms with van der Waals surface area (Å²) in [6.07, 6.45) is 6.93. The first-order chi connectivity index (χ1) is 7.69. The Hall–Kier alpha value is -1.12. The van der Waals surface area contributed by atoms with Gasteiger partial charge in [-0.2, -0.15) is 0 Å². The molecule has 90 valence electrons. The van der Waals surface area contributed by atoms with Crippen molar-refractivity contribution in [2.45, 2.75) is 58.8 Å². The molecule has 0 bridgehead atoms. The van der Waals surface area contributed by atoms with Crippen molar-refractivity contribution in [1.82, 2.24) is 5.32 Å². The highest BCUT2D eigenvalue weighted by molar-refractivity contribution is 6.13. The van der Waals surface area contributed by atoms with Crippen LogP contribution in [0.25, 0.3) is 0 Å². The van der Waals surface area contributed by atoms with Crippen molar-refractivity contribution in [2.75, 3.05) is 0 Å². The zero-order valence-electron chi connectivity index (χ0n) is 10.3. The lowest BCUT2D eigenvalue weighted by molar-refractivity contribution is -0.124. The SMILES string of the molecule is CCCCCCC(CC)=C1CC(=O)NC1=O. The lowest BCUT2D eigenvalue weighted by Crippen LogP contribution is -2.19. The van der Waals surface area contributed by atoms with Crippen molar-refractivity contribution in [2.24, 2.45) is 0 Å². The monoisotopic (exact) mass is 223 g/mol. The van der Waals surface area contributed by atoms with Crippen LogP contribution < -0.4 is 5.32 Å². The number of amides is 2. The Morgan fingerprint density at radius 2 is 1.94 bits per heavy atom. The number of hydrogen-bond donors (Lipinski definition) is 1. The van der Waals surface area contributed by atoms with Gasteiger partial charge in [0.15, 0.2) is 0 Å². The van der Waals surface area contributed by atoms with E-state index >= 15 is 0 Å². The second-order valence-electron chi connectivity index (χ2n) is 4.30. The van der Waals surface area contributed by atoms with Crippen molar-refractivity contribution in [3.05, 3.63) is 11.1 Å². The van der Waals surface area contributed by atoms with Gasteiger partial charge in [-0.05, 0) is 19.3 Å². The molecule has 0 spiro atoms. The molecular weight excluding hydrogens is 202 g/mol. The van der Waals surface area contributed by atoms with E-state index in [9.17, 15) is 9.59 Å². The molecule has 3 nitrogen and oxygen atoms in total. The van der Waals surface area contributed by atoms with Crippen LogP contribution in [-0.4, -0.2) is 11.8 Å². The predicted octanol–water partition coefficient (Wildman–Crippen LogP) is 2.71. The molecule has 2 amide bonds. The van der Waals surface area contributed by atoms with E-state index in [2.05, 4.69) is 19.2 Å². The second kappa shape index (κ2) is 6.46. The number of unbranched alkanes of at least 4 members (excludes halogenated alkanes) is 3. The average Bonchev–Trinajstić information content (AvgIpc) is 2.58. The summed E-state index contributed by atoms with van der Waals surface area (Å²) in [4.78, 5) is 22.6. The van der Waals surface area contributed by atoms with Crippen LogP contribution >= 0.6 is 0 Å². The smallest absolute Gasteiger partial charge is 0.254 e. The van der Waals surface area contributed by atoms with Crippen LogP contribution in [0.15, 0.2) is 11.1 Å². The van der Waals surface area contributed by atoms with Gasteiger partial charge in [0, 0.05) is 5.57 Å². The number of nitrogens with one attached hydrogen (secondary N) is 1. The third kappa shape index (κ3) is 3.47. The molecule has 1 saturated heterocycles. The van der Waals surface area contributed by atoms with Crippen LogP contribution in [0.4, 0.5) is 0 Å². The van der Waals surface area contributed by atoms with Crippen LogP contribution in [0.2, 0.25) is 0 Å². The molecule has 1 fully saturated rings. The van der Waals surface area contributed by atoms with E-state index in [4.69, 9.17) is 0 Å². The second-order valence-corrected chi connectivity index (χ2v) is 4.30. The lowest BCUT2D eigenvalue weighted by Gasteiger charge is -2.07. The first-order valence-electron chi connectivity index (χ1n) is 6.24. The van der Waals surface area contributed by atoms with E-state index in [1.165, 1.54) is 24.8 Å². The Morgan fingerprint density at radius 1 is 1.19 bits per heavy atom. The van der Waals surface area contributed by atoms with E-state index in [-0.39, 0.29) is 18.2 Å². The number of hydrogen-bond acceptors (Lipinski definition) is 2. The summed E-state index contributed by atoms with van der Waals surface area (Å²) in [6.45, 7) is 4.24. The first kappa shape index (κ1) is 12.9. The van der Waals surface area contributed by atoms with Crippen molar-refractivity contribution in [3.63, 3.8) is 0 Å². The lowest BCUT2D eigenvalue weighted by atomic mass is 9.98. The van der Waals surface area contributed by atoms with Gasteiger partial charge in [0.1, 0.15) is 0 Å². The Kier molecular flexibility index (Phi) is 5.23. The number of imide groups is 1. The van der Waals surface area contributed by atoms with Gasteiger partial charge in [-0.25, -0.2) is 0 Å². The van der Waals surface area contributed by atoms with E-state index in [1.807, 2.05) is 0 Å². The summed E-state index contributed by atoms with van der Waals surface area (Å²) < 4.78 is 0. The van der Waals surface area contributed by atoms with Crippen molar-refractivity contribution in [1.29, 1.82) is 0 Å². The molecule has 3 heteroatoms. The van der Waals surface area contributed by atoms with Gasteiger partial charge in [0.2, 0.25) is 5.91 Å². The van der Waals surface area contributed by atoms with Crippen molar-refractivity contribution in [3.8, 4) is 0 Å². The Bertz CT molecular complexity index is 305. The molecule has 1 heterocycles. The highest BCUT2D eigenvalue weighted by Crippen LogP contribution is 2.22. The maximum atomic E-state index is 11.5. The third-order valence-electron chi connectivity index (χ3n) is 3.05. The Balaban J connectivity index is 2.55. The number of carbonyl (C=O) groups excluding carboxylic acids is 2. The number of allylic oxidation sites excluding steroid dienone is 1. The van der Waals surface area contributed by atoms with Crippen molar-refractivity contribution < 1.29 is 9.59 Å². The maximum Gasteiger partial charge on any atom is 0.254 e. The van der Waals surface area contributed by atoms with E-state index in [1.54, 1.807) is 0 Å². The van der Waals surface area contributed by atoms with Crippen LogP contribution in [0.1, 0.15) is 58.8 Å². The van der Waals surface area contributed by atoms with E-state index < -0.39 is 0 Å². The first-order valence-corrected chi connectivity index (χ1v) is 6.24. The zero-order chi connectivity index (χ0) is 12.0. The zero-order valence-corrected chi connectivity index (χ0v) is 10.3. The summed E-state index contributed by atoms with van der Waals surface area (Å²) in [5.41, 5.74) is 1.89. The summed E-state index contributed by atoms with van der Waals surface area (Å²) in [5, 5.41) is 2.35. The Morgan fingerprint density at radius 3 is 2.44 bits per heavy atom. The van der Waals surface area contributed by atoms with Gasteiger partial charge in [0.05, 0.1) is 6.42 Å². The molecule has 0 saturated carbocycles. The van der Waals surface area contributed by atoms with Gasteiger partial charge in [-0.15, -0.1) is 0 Å². The molecule has 0 aromatic carbocycles. The van der Waals surface area contributed by atoms with E-state index in [0.717, 1.165) is 24.8 Å². The fourth-order valence-electron chi connectivity index (χ4n) is 2.08. The van der Waals surface area contributed by atoms with Gasteiger partial charge in [-0.3, -0.25) is 14.9 Å². The molecule has 0 aromatic rings. The topological polar surface area (TPSA) is 46.2 Å². The molecule has 1 N–H and O–H groups in total. The fourth-order valence-corrected chi connectivity index (χ4v) is 2.08. The molecule has 0 aliphatic carbocycles. The Labute approximate surface area is 97.3 Å². The minimum atomic E-state index is -0.169. The van der Waals surface area contributed by atoms with Gasteiger partial charge in [-0.1, -0.05) is 38.7 Å². The maximum absolute atomic E-state index is 11.5. The fraction of sp³-hybridized carbons (Fsp3) is 0.692. The number of rotatable bonds is 6. The molecule has 16 heavy (non-hydrogen) atoms. The van der Waals surface area contributed by atoms with E-state index in [0.29, 0.717) is 0 Å². The number of carbonyl (C=O) groups is 2. The van der Waals surface area contributed by atoms with Crippen LogP contribution in [0.3, 0.4) is 0 Å². The van der Waals surface area contributed by atoms with Crippen LogP contribution in [-0.2, 0) is 9.59 Å². The van der Waals surface area contributed by atoms with Crippen LogP contribution in [0.5, 0.6) is 0 Å². The predicted molar refractivity (Wildman–Crippen MR) is 63.8 cm³/mol. The minimum Gasteiger partial charge on any atom is -0.292 e. The molecule has 0 aromatic heterocycles. The molecule has 1 rings (SSSR count). The standard InChI is InChI=1S/C13H21NO2/c1-3-5-6-7-8-10(4-2)11-9-12(15)14-13(11)16/h3-9H2,1-2H3,(H,14,15,16). The summed E-state index contributed by atoms with van der Waals surface area (Å²) in [6, 6.07) is 0. The van der Waals surface area contributed by atoms with Crippen molar-refractivity contribution >= 4 is 11.8 Å². The molecular formula is C13H21NO2. The largest absolute Gasteiger partial charge is 0.292 e. The molecule has 1 aliphatic heterocycles. The van der Waals surface area contributed by atoms with Gasteiger partial charge < -0.3 is 0 Å². The highest BCUT2D eigenvalue weighted by atomic mass is 16.2. The van der Waals surface area contributed by atoms with Crippen LogP contribution in [0, 0.1) is 0 Å². The quantitative estimate of drug-likeness (QED) is 0.427. The molecule has 1 aliphatic rings.